The molecule has 0 aliphatic carbocycles. The van der Waals surface area contributed by atoms with E-state index < -0.39 is 38.7 Å². The van der Waals surface area contributed by atoms with Crippen molar-refractivity contribution in [3.8, 4) is 0 Å². The Morgan fingerprint density at radius 1 is 0.833 bits per heavy atom. The van der Waals surface area contributed by atoms with Crippen molar-refractivity contribution in [3.05, 3.63) is 29.3 Å². The van der Waals surface area contributed by atoms with Crippen molar-refractivity contribution in [1.29, 1.82) is 0 Å². The normalized spacial score (nSPS) is 13.0. The molecule has 0 amide bonds. The van der Waals surface area contributed by atoms with Crippen LogP contribution in [-0.2, 0) is 32.4 Å². The molecule has 0 bridgehead atoms. The zero-order valence-electron chi connectivity index (χ0n) is 12.9. The lowest BCUT2D eigenvalue weighted by atomic mass is 10.1. The largest absolute Gasteiger partial charge is 0.742 e. The number of ether oxygens (including phenoxy) is 1. The van der Waals surface area contributed by atoms with E-state index in [0.717, 1.165) is 26.8 Å². The number of hydrogen-bond acceptors (Lipinski definition) is 9. The molecule has 0 spiro atoms. The van der Waals surface area contributed by atoms with Gasteiger partial charge in [-0.3, -0.25) is 14.4 Å². The van der Waals surface area contributed by atoms with E-state index in [-0.39, 0.29) is 16.3 Å². The van der Waals surface area contributed by atoms with E-state index in [2.05, 4.69) is 4.74 Å². The minimum atomic E-state index is -4.32. The van der Waals surface area contributed by atoms with Crippen molar-refractivity contribution in [2.75, 3.05) is 0 Å². The quantitative estimate of drug-likeness (QED) is 0.413. The first kappa shape index (κ1) is 17.3. The van der Waals surface area contributed by atoms with Crippen molar-refractivity contribution in [3.63, 3.8) is 0 Å². The van der Waals surface area contributed by atoms with Crippen LogP contribution in [0.25, 0.3) is 0 Å². The second-order valence-corrected chi connectivity index (χ2v) is 7.08. The fourth-order valence-corrected chi connectivity index (χ4v) is 4.31. The molecule has 0 atom stereocenters. The average molecular weight is 352 g/mol. The van der Waals surface area contributed by atoms with Gasteiger partial charge in [0.25, 0.3) is 17.9 Å². The summed E-state index contributed by atoms with van der Waals surface area (Å²) in [6, 6.07) is 3.64. The maximum absolute atomic E-state index is 11.7. The van der Waals surface area contributed by atoms with Crippen LogP contribution in [0.15, 0.2) is 18.2 Å². The van der Waals surface area contributed by atoms with Gasteiger partial charge in [0.1, 0.15) is 0 Å². The Labute approximate surface area is 136 Å². The number of hydrogen-bond donors (Lipinski definition) is 0. The van der Waals surface area contributed by atoms with E-state index in [4.69, 9.17) is 13.3 Å². The van der Waals surface area contributed by atoms with Gasteiger partial charge in [-0.1, -0.05) is 6.07 Å². The van der Waals surface area contributed by atoms with Crippen LogP contribution >= 0.6 is 0 Å². The summed E-state index contributed by atoms with van der Waals surface area (Å²) in [7, 11) is -4.32. The molecular formula is C14H12O9Si. The molecule has 1 heterocycles. The van der Waals surface area contributed by atoms with Crippen LogP contribution in [-0.4, -0.2) is 38.7 Å². The minimum absolute atomic E-state index is 0.000116. The molecule has 0 saturated carbocycles. The third kappa shape index (κ3) is 3.32. The highest BCUT2D eigenvalue weighted by molar-refractivity contribution is 6.79. The standard InChI is InChI=1S/C14H12O9Si/c1-7(15)21-24(22-8(2)16,23-9(3)17)10-4-5-11-12(6-10)14(19)20-13(11)18/h4-6H,1-3H3. The topological polar surface area (TPSA) is 122 Å². The fraction of sp³-hybridized carbons (Fsp3) is 0.214. The van der Waals surface area contributed by atoms with Crippen LogP contribution in [0.3, 0.4) is 0 Å². The van der Waals surface area contributed by atoms with Gasteiger partial charge in [0.2, 0.25) is 0 Å². The maximum Gasteiger partial charge on any atom is 0.742 e. The van der Waals surface area contributed by atoms with Gasteiger partial charge in [0.15, 0.2) is 0 Å². The Morgan fingerprint density at radius 2 is 1.29 bits per heavy atom. The van der Waals surface area contributed by atoms with Gasteiger partial charge in [0.05, 0.1) is 16.3 Å². The van der Waals surface area contributed by atoms with Gasteiger partial charge in [-0.15, -0.1) is 0 Å². The van der Waals surface area contributed by atoms with Crippen LogP contribution < -0.4 is 5.19 Å². The maximum atomic E-state index is 11.7. The zero-order chi connectivity index (χ0) is 18.1. The van der Waals surface area contributed by atoms with Crippen molar-refractivity contribution in [1.82, 2.24) is 0 Å². The summed E-state index contributed by atoms with van der Waals surface area (Å²) in [4.78, 5) is 57.4. The molecule has 24 heavy (non-hydrogen) atoms. The smallest absolute Gasteiger partial charge is 0.452 e. The van der Waals surface area contributed by atoms with Crippen LogP contribution in [0, 0.1) is 0 Å². The van der Waals surface area contributed by atoms with Gasteiger partial charge in [0, 0.05) is 20.8 Å². The molecule has 1 aromatic carbocycles. The Morgan fingerprint density at radius 3 is 1.75 bits per heavy atom. The van der Waals surface area contributed by atoms with E-state index in [1.54, 1.807) is 0 Å². The molecular weight excluding hydrogens is 340 g/mol. The summed E-state index contributed by atoms with van der Waals surface area (Å²) in [6.45, 7) is 3.12. The third-order valence-electron chi connectivity index (χ3n) is 2.83. The molecule has 0 radical (unpaired) electrons. The number of benzene rings is 1. The Bertz CT molecular complexity index is 727. The van der Waals surface area contributed by atoms with E-state index in [1.807, 2.05) is 0 Å². The van der Waals surface area contributed by atoms with Gasteiger partial charge in [-0.25, -0.2) is 9.59 Å². The van der Waals surface area contributed by atoms with Crippen molar-refractivity contribution in [2.24, 2.45) is 0 Å². The number of esters is 2. The minimum Gasteiger partial charge on any atom is -0.452 e. The van der Waals surface area contributed by atoms with Crippen molar-refractivity contribution < 1.29 is 42.0 Å². The molecule has 1 aromatic rings. The molecule has 0 saturated heterocycles. The van der Waals surface area contributed by atoms with Crippen LogP contribution in [0.5, 0.6) is 0 Å². The molecule has 126 valence electrons. The SMILES string of the molecule is CC(=O)O[Si](OC(C)=O)(OC(C)=O)c1ccc2c(c1)C(=O)OC2=O. The van der Waals surface area contributed by atoms with Gasteiger partial charge >= 0.3 is 20.7 Å². The van der Waals surface area contributed by atoms with Gasteiger partial charge in [-0.2, -0.15) is 0 Å². The van der Waals surface area contributed by atoms with E-state index in [9.17, 15) is 24.0 Å². The number of carbonyl (C=O) groups excluding carboxylic acids is 5. The summed E-state index contributed by atoms with van der Waals surface area (Å²) < 4.78 is 19.6. The number of rotatable bonds is 4. The number of carbonyl (C=O) groups is 5. The number of cyclic esters (lactones) is 2. The summed E-state index contributed by atoms with van der Waals surface area (Å²) in [5.41, 5.74) is -0.110. The van der Waals surface area contributed by atoms with E-state index >= 15 is 0 Å². The molecule has 0 fully saturated rings. The zero-order valence-corrected chi connectivity index (χ0v) is 13.9. The van der Waals surface area contributed by atoms with Crippen LogP contribution in [0.4, 0.5) is 0 Å². The Kier molecular flexibility index (Phi) is 4.51. The van der Waals surface area contributed by atoms with Crippen molar-refractivity contribution in [2.45, 2.75) is 20.8 Å². The highest BCUT2D eigenvalue weighted by Crippen LogP contribution is 2.21. The Balaban J connectivity index is 2.61. The Hall–Kier alpha value is -3.01. The molecule has 9 nitrogen and oxygen atoms in total. The molecule has 2 rings (SSSR count). The van der Waals surface area contributed by atoms with Crippen molar-refractivity contribution >= 4 is 43.8 Å². The van der Waals surface area contributed by atoms with Gasteiger partial charge in [-0.05, 0) is 12.1 Å². The van der Waals surface area contributed by atoms with Gasteiger partial charge < -0.3 is 18.0 Å². The molecule has 10 heteroatoms. The predicted molar refractivity (Wildman–Crippen MR) is 76.9 cm³/mol. The average Bonchev–Trinajstić information content (AvgIpc) is 2.71. The summed E-state index contributed by atoms with van der Waals surface area (Å²) in [6.07, 6.45) is 0. The third-order valence-corrected chi connectivity index (χ3v) is 5.52. The van der Waals surface area contributed by atoms with Crippen LogP contribution in [0.1, 0.15) is 41.5 Å². The molecule has 0 aromatic heterocycles. The van der Waals surface area contributed by atoms with Crippen LogP contribution in [0.2, 0.25) is 0 Å². The summed E-state index contributed by atoms with van der Waals surface area (Å²) in [5.74, 6) is -4.32. The lowest BCUT2D eigenvalue weighted by Crippen LogP contribution is -2.59. The summed E-state index contributed by atoms with van der Waals surface area (Å²) in [5, 5.41) is -0.0199. The second-order valence-electron chi connectivity index (χ2n) is 4.77. The van der Waals surface area contributed by atoms with E-state index in [1.165, 1.54) is 12.1 Å². The monoisotopic (exact) mass is 352 g/mol. The molecule has 1 aliphatic rings. The first-order valence-electron chi connectivity index (χ1n) is 6.64. The number of fused-ring (bicyclic) bond motifs is 1. The highest BCUT2D eigenvalue weighted by atomic mass is 28.4. The lowest BCUT2D eigenvalue weighted by Gasteiger charge is -2.26. The highest BCUT2D eigenvalue weighted by Gasteiger charge is 2.55. The fourth-order valence-electron chi connectivity index (χ4n) is 2.08. The first-order chi connectivity index (χ1) is 11.1. The molecule has 0 N–H and O–H groups in total. The predicted octanol–water partition coefficient (Wildman–Crippen LogP) is -0.168. The lowest BCUT2D eigenvalue weighted by molar-refractivity contribution is -0.146. The molecule has 0 unspecified atom stereocenters. The second kappa shape index (κ2) is 6.24. The van der Waals surface area contributed by atoms with E-state index in [0.29, 0.717) is 0 Å². The first-order valence-corrected chi connectivity index (χ1v) is 8.37. The summed E-state index contributed by atoms with van der Waals surface area (Å²) >= 11 is 0. The molecule has 1 aliphatic heterocycles.